The second-order valence-corrected chi connectivity index (χ2v) is 4.84. The van der Waals surface area contributed by atoms with Crippen LogP contribution in [0.2, 0.25) is 0 Å². The number of aryl methyl sites for hydroxylation is 1. The average Bonchev–Trinajstić information content (AvgIpc) is 2.56. The highest BCUT2D eigenvalue weighted by Gasteiger charge is 2.11. The van der Waals surface area contributed by atoms with Crippen LogP contribution in [0.25, 0.3) is 22.6 Å². The Hall–Kier alpha value is -3.08. The van der Waals surface area contributed by atoms with Crippen molar-refractivity contribution in [3.63, 3.8) is 0 Å². The van der Waals surface area contributed by atoms with Crippen LogP contribution in [-0.4, -0.2) is 26.0 Å². The Morgan fingerprint density at radius 3 is 2.73 bits per heavy atom. The van der Waals surface area contributed by atoms with Crippen LogP contribution in [0, 0.1) is 6.92 Å². The summed E-state index contributed by atoms with van der Waals surface area (Å²) in [7, 11) is 0. The standard InChI is InChI=1S/C17H13N3O2/c1-11-4-5-12(17(21)22)9-14(11)16-19-8-6-15(20-16)13-3-2-7-18-10-13/h2-10H,1H3,(H,21,22). The number of rotatable bonds is 3. The van der Waals surface area contributed by atoms with Crippen LogP contribution in [0.3, 0.4) is 0 Å². The summed E-state index contributed by atoms with van der Waals surface area (Å²) in [6.45, 7) is 1.90. The van der Waals surface area contributed by atoms with Gasteiger partial charge in [0.15, 0.2) is 5.82 Å². The number of pyridine rings is 1. The summed E-state index contributed by atoms with van der Waals surface area (Å²) in [4.78, 5) is 24.0. The third-order valence-electron chi connectivity index (χ3n) is 3.34. The average molecular weight is 291 g/mol. The molecule has 0 radical (unpaired) electrons. The zero-order valence-corrected chi connectivity index (χ0v) is 11.9. The van der Waals surface area contributed by atoms with Crippen LogP contribution in [0.5, 0.6) is 0 Å². The van der Waals surface area contributed by atoms with Crippen molar-refractivity contribution in [3.8, 4) is 22.6 Å². The van der Waals surface area contributed by atoms with Gasteiger partial charge in [-0.3, -0.25) is 4.98 Å². The van der Waals surface area contributed by atoms with Gasteiger partial charge in [0.1, 0.15) is 0 Å². The van der Waals surface area contributed by atoms with Gasteiger partial charge in [0, 0.05) is 29.7 Å². The van der Waals surface area contributed by atoms with Gasteiger partial charge in [0.2, 0.25) is 0 Å². The number of hydrogen-bond donors (Lipinski definition) is 1. The molecule has 5 heteroatoms. The van der Waals surface area contributed by atoms with Gasteiger partial charge in [-0.25, -0.2) is 14.8 Å². The summed E-state index contributed by atoms with van der Waals surface area (Å²) in [5.41, 5.74) is 3.49. The molecule has 2 aromatic heterocycles. The molecule has 3 aromatic rings. The molecule has 2 heterocycles. The number of carboxylic acid groups (broad SMARTS) is 1. The van der Waals surface area contributed by atoms with E-state index in [1.165, 1.54) is 0 Å². The van der Waals surface area contributed by atoms with Crippen LogP contribution in [0.15, 0.2) is 55.0 Å². The summed E-state index contributed by atoms with van der Waals surface area (Å²) in [5, 5.41) is 9.13. The van der Waals surface area contributed by atoms with Gasteiger partial charge >= 0.3 is 5.97 Å². The molecule has 1 N–H and O–H groups in total. The molecule has 0 saturated carbocycles. The van der Waals surface area contributed by atoms with Gasteiger partial charge in [0.25, 0.3) is 0 Å². The zero-order valence-electron chi connectivity index (χ0n) is 11.9. The molecule has 0 atom stereocenters. The molecule has 108 valence electrons. The fourth-order valence-corrected chi connectivity index (χ4v) is 2.16. The molecule has 0 aliphatic carbocycles. The molecule has 22 heavy (non-hydrogen) atoms. The van der Waals surface area contributed by atoms with E-state index in [9.17, 15) is 4.79 Å². The van der Waals surface area contributed by atoms with Gasteiger partial charge in [-0.2, -0.15) is 0 Å². The van der Waals surface area contributed by atoms with Crippen LogP contribution in [0.4, 0.5) is 0 Å². The van der Waals surface area contributed by atoms with Crippen molar-refractivity contribution in [1.29, 1.82) is 0 Å². The lowest BCUT2D eigenvalue weighted by atomic mass is 10.0. The SMILES string of the molecule is Cc1ccc(C(=O)O)cc1-c1nccc(-c2cccnc2)n1. The predicted octanol–water partition coefficient (Wildman–Crippen LogP) is 3.21. The second-order valence-electron chi connectivity index (χ2n) is 4.84. The predicted molar refractivity (Wildman–Crippen MR) is 82.4 cm³/mol. The maximum atomic E-state index is 11.1. The smallest absolute Gasteiger partial charge is 0.335 e. The van der Waals surface area contributed by atoms with Gasteiger partial charge in [0.05, 0.1) is 11.3 Å². The Morgan fingerprint density at radius 2 is 2.00 bits per heavy atom. The maximum Gasteiger partial charge on any atom is 0.335 e. The van der Waals surface area contributed by atoms with Crippen LogP contribution < -0.4 is 0 Å². The highest BCUT2D eigenvalue weighted by Crippen LogP contribution is 2.24. The quantitative estimate of drug-likeness (QED) is 0.801. The topological polar surface area (TPSA) is 76.0 Å². The Morgan fingerprint density at radius 1 is 1.14 bits per heavy atom. The number of carboxylic acids is 1. The summed E-state index contributed by atoms with van der Waals surface area (Å²) < 4.78 is 0. The molecular formula is C17H13N3O2. The Bertz CT molecular complexity index is 832. The van der Waals surface area contributed by atoms with E-state index in [-0.39, 0.29) is 5.56 Å². The number of carbonyl (C=O) groups is 1. The van der Waals surface area contributed by atoms with E-state index < -0.39 is 5.97 Å². The molecule has 0 aliphatic heterocycles. The van der Waals surface area contributed by atoms with Gasteiger partial charge in [-0.05, 0) is 42.8 Å². The van der Waals surface area contributed by atoms with Crippen molar-refractivity contribution in [3.05, 3.63) is 66.1 Å². The van der Waals surface area contributed by atoms with Gasteiger partial charge in [-0.1, -0.05) is 6.07 Å². The van der Waals surface area contributed by atoms with Crippen LogP contribution >= 0.6 is 0 Å². The summed E-state index contributed by atoms with van der Waals surface area (Å²) in [6, 6.07) is 10.5. The van der Waals surface area contributed by atoms with Crippen molar-refractivity contribution in [1.82, 2.24) is 15.0 Å². The van der Waals surface area contributed by atoms with E-state index in [0.29, 0.717) is 11.4 Å². The highest BCUT2D eigenvalue weighted by atomic mass is 16.4. The van der Waals surface area contributed by atoms with Gasteiger partial charge < -0.3 is 5.11 Å². The minimum absolute atomic E-state index is 0.219. The molecule has 0 bridgehead atoms. The van der Waals surface area contributed by atoms with Crippen molar-refractivity contribution < 1.29 is 9.90 Å². The normalized spacial score (nSPS) is 10.4. The van der Waals surface area contributed by atoms with E-state index in [2.05, 4.69) is 15.0 Å². The first-order valence-electron chi connectivity index (χ1n) is 6.73. The third-order valence-corrected chi connectivity index (χ3v) is 3.34. The molecule has 5 nitrogen and oxygen atoms in total. The summed E-state index contributed by atoms with van der Waals surface area (Å²) in [5.74, 6) is -0.466. The van der Waals surface area contributed by atoms with E-state index in [1.54, 1.807) is 42.9 Å². The van der Waals surface area contributed by atoms with E-state index in [4.69, 9.17) is 5.11 Å². The van der Waals surface area contributed by atoms with Crippen LogP contribution in [0.1, 0.15) is 15.9 Å². The first-order valence-corrected chi connectivity index (χ1v) is 6.73. The summed E-state index contributed by atoms with van der Waals surface area (Å²) in [6.07, 6.45) is 5.09. The molecule has 3 rings (SSSR count). The van der Waals surface area contributed by atoms with E-state index >= 15 is 0 Å². The molecule has 0 saturated heterocycles. The first kappa shape index (κ1) is 13.9. The van der Waals surface area contributed by atoms with E-state index in [0.717, 1.165) is 16.8 Å². The number of hydrogen-bond acceptors (Lipinski definition) is 4. The Labute approximate surface area is 127 Å². The molecule has 0 fully saturated rings. The van der Waals surface area contributed by atoms with E-state index in [1.807, 2.05) is 19.1 Å². The number of aromatic nitrogens is 3. The maximum absolute atomic E-state index is 11.1. The molecule has 0 unspecified atom stereocenters. The third kappa shape index (κ3) is 2.69. The van der Waals surface area contributed by atoms with Crippen molar-refractivity contribution >= 4 is 5.97 Å². The zero-order chi connectivity index (χ0) is 15.5. The summed E-state index contributed by atoms with van der Waals surface area (Å²) >= 11 is 0. The minimum Gasteiger partial charge on any atom is -0.478 e. The number of aromatic carboxylic acids is 1. The number of nitrogens with zero attached hydrogens (tertiary/aromatic N) is 3. The Kier molecular flexibility index (Phi) is 3.62. The van der Waals surface area contributed by atoms with Gasteiger partial charge in [-0.15, -0.1) is 0 Å². The fraction of sp³-hybridized carbons (Fsp3) is 0.0588. The molecule has 0 spiro atoms. The molecule has 0 amide bonds. The minimum atomic E-state index is -0.968. The molecular weight excluding hydrogens is 278 g/mol. The lowest BCUT2D eigenvalue weighted by molar-refractivity contribution is 0.0697. The number of benzene rings is 1. The Balaban J connectivity index is 2.10. The second kappa shape index (κ2) is 5.73. The lowest BCUT2D eigenvalue weighted by Gasteiger charge is -2.07. The fourth-order valence-electron chi connectivity index (χ4n) is 2.16. The molecule has 0 aliphatic rings. The first-order chi connectivity index (χ1) is 10.6. The van der Waals surface area contributed by atoms with Crippen molar-refractivity contribution in [2.24, 2.45) is 0 Å². The van der Waals surface area contributed by atoms with Crippen molar-refractivity contribution in [2.45, 2.75) is 6.92 Å². The lowest BCUT2D eigenvalue weighted by Crippen LogP contribution is -1.99. The largest absolute Gasteiger partial charge is 0.478 e. The van der Waals surface area contributed by atoms with Crippen LogP contribution in [-0.2, 0) is 0 Å². The van der Waals surface area contributed by atoms with Crippen molar-refractivity contribution in [2.75, 3.05) is 0 Å². The monoisotopic (exact) mass is 291 g/mol. The molecule has 1 aromatic carbocycles. The highest BCUT2D eigenvalue weighted by molar-refractivity contribution is 5.89.